The van der Waals surface area contributed by atoms with Crippen molar-refractivity contribution < 1.29 is 4.79 Å². The van der Waals surface area contributed by atoms with Gasteiger partial charge in [-0.3, -0.25) is 14.7 Å². The number of hydrogen-bond donors (Lipinski definition) is 2. The molecule has 0 fully saturated rings. The van der Waals surface area contributed by atoms with Gasteiger partial charge in [-0.1, -0.05) is 60.7 Å². The number of H-pyrrole nitrogens is 1. The van der Waals surface area contributed by atoms with Crippen LogP contribution in [0.3, 0.4) is 0 Å². The lowest BCUT2D eigenvalue weighted by atomic mass is 9.76. The van der Waals surface area contributed by atoms with Crippen LogP contribution in [-0.4, -0.2) is 27.0 Å². The van der Waals surface area contributed by atoms with Crippen molar-refractivity contribution in [1.29, 1.82) is 5.26 Å². The van der Waals surface area contributed by atoms with Gasteiger partial charge in [-0.25, -0.2) is 9.50 Å². The molecule has 7 heteroatoms. The first kappa shape index (κ1) is 21.1. The van der Waals surface area contributed by atoms with Crippen LogP contribution in [0, 0.1) is 18.3 Å². The van der Waals surface area contributed by atoms with Crippen molar-refractivity contribution in [3.8, 4) is 6.07 Å². The lowest BCUT2D eigenvalue weighted by Crippen LogP contribution is -2.41. The normalized spacial score (nSPS) is 11.3. The van der Waals surface area contributed by atoms with Crippen LogP contribution >= 0.6 is 0 Å². The molecule has 0 unspecified atom stereocenters. The first-order valence-electron chi connectivity index (χ1n) is 10.3. The van der Waals surface area contributed by atoms with E-state index in [9.17, 15) is 9.59 Å². The molecular weight excluding hydrogens is 402 g/mol. The zero-order valence-electron chi connectivity index (χ0n) is 17.9. The maximum atomic E-state index is 12.9. The van der Waals surface area contributed by atoms with Crippen LogP contribution in [0.5, 0.6) is 0 Å². The molecular formula is C25H23N5O2. The number of hydrogen-bond acceptors (Lipinski definition) is 4. The van der Waals surface area contributed by atoms with E-state index >= 15 is 0 Å². The van der Waals surface area contributed by atoms with Crippen LogP contribution in [-0.2, 0) is 16.6 Å². The van der Waals surface area contributed by atoms with E-state index in [4.69, 9.17) is 5.26 Å². The Morgan fingerprint density at radius 2 is 1.72 bits per heavy atom. The van der Waals surface area contributed by atoms with Gasteiger partial charge >= 0.3 is 0 Å². The smallest absolute Gasteiger partial charge is 0.276 e. The van der Waals surface area contributed by atoms with E-state index in [2.05, 4.69) is 22.3 Å². The summed E-state index contributed by atoms with van der Waals surface area (Å²) in [7, 11) is 0. The molecule has 2 aromatic carbocycles. The Morgan fingerprint density at radius 3 is 2.28 bits per heavy atom. The number of aromatic amines is 1. The number of amides is 1. The molecule has 0 atom stereocenters. The first-order chi connectivity index (χ1) is 15.4. The summed E-state index contributed by atoms with van der Waals surface area (Å²) in [6.07, 6.45) is 1.33. The average Bonchev–Trinajstić information content (AvgIpc) is 3.24. The lowest BCUT2D eigenvalue weighted by Gasteiger charge is -2.31. The average molecular weight is 425 g/mol. The van der Waals surface area contributed by atoms with Crippen molar-refractivity contribution in [3.05, 3.63) is 105 Å². The maximum Gasteiger partial charge on any atom is 0.276 e. The molecule has 0 bridgehead atoms. The van der Waals surface area contributed by atoms with Gasteiger partial charge in [0.15, 0.2) is 5.65 Å². The quantitative estimate of drug-likeness (QED) is 0.496. The Labute approximate surface area is 185 Å². The van der Waals surface area contributed by atoms with Gasteiger partial charge in [-0.05, 0) is 25.0 Å². The molecule has 1 amide bonds. The highest BCUT2D eigenvalue weighted by atomic mass is 16.2. The summed E-state index contributed by atoms with van der Waals surface area (Å²) in [6.45, 7) is 4.14. The number of carbonyl (C=O) groups is 1. The van der Waals surface area contributed by atoms with Crippen LogP contribution in [0.25, 0.3) is 5.65 Å². The van der Waals surface area contributed by atoms with Crippen LogP contribution in [0.1, 0.15) is 34.9 Å². The molecule has 0 aliphatic heterocycles. The number of aromatic nitrogens is 3. The fourth-order valence-corrected chi connectivity index (χ4v) is 3.92. The first-order valence-corrected chi connectivity index (χ1v) is 10.3. The molecule has 0 aliphatic rings. The van der Waals surface area contributed by atoms with Gasteiger partial charge in [0.25, 0.3) is 5.56 Å². The molecule has 0 spiro atoms. The second-order valence-electron chi connectivity index (χ2n) is 7.96. The van der Waals surface area contributed by atoms with Gasteiger partial charge < -0.3 is 5.32 Å². The molecule has 2 N–H and O–H groups in total. The maximum absolute atomic E-state index is 12.9. The van der Waals surface area contributed by atoms with Gasteiger partial charge in [0.2, 0.25) is 5.91 Å². The Balaban J connectivity index is 1.59. The van der Waals surface area contributed by atoms with Gasteiger partial charge in [0.1, 0.15) is 11.6 Å². The van der Waals surface area contributed by atoms with E-state index in [1.165, 1.54) is 10.7 Å². The number of nitrogens with one attached hydrogen (secondary N) is 2. The molecule has 2 heterocycles. The molecule has 7 nitrogen and oxygen atoms in total. The van der Waals surface area contributed by atoms with Crippen LogP contribution in [0.15, 0.2) is 71.7 Å². The van der Waals surface area contributed by atoms with Gasteiger partial charge in [0.05, 0.1) is 6.42 Å². The van der Waals surface area contributed by atoms with Gasteiger partial charge in [-0.2, -0.15) is 5.26 Å². The summed E-state index contributed by atoms with van der Waals surface area (Å²) in [5, 5.41) is 14.9. The Kier molecular flexibility index (Phi) is 5.61. The molecule has 0 radical (unpaired) electrons. The van der Waals surface area contributed by atoms with Crippen LogP contribution in [0.4, 0.5) is 0 Å². The third kappa shape index (κ3) is 3.79. The van der Waals surface area contributed by atoms with E-state index in [1.54, 1.807) is 6.92 Å². The molecule has 32 heavy (non-hydrogen) atoms. The monoisotopic (exact) mass is 425 g/mol. The van der Waals surface area contributed by atoms with Crippen molar-refractivity contribution in [2.45, 2.75) is 25.7 Å². The van der Waals surface area contributed by atoms with Crippen molar-refractivity contribution >= 4 is 11.6 Å². The van der Waals surface area contributed by atoms with Crippen molar-refractivity contribution in [2.24, 2.45) is 0 Å². The number of rotatable bonds is 6. The summed E-state index contributed by atoms with van der Waals surface area (Å²) >= 11 is 0. The van der Waals surface area contributed by atoms with Crippen LogP contribution < -0.4 is 10.9 Å². The van der Waals surface area contributed by atoms with Crippen LogP contribution in [0.2, 0.25) is 0 Å². The third-order valence-corrected chi connectivity index (χ3v) is 5.88. The highest BCUT2D eigenvalue weighted by Gasteiger charge is 2.29. The third-order valence-electron chi connectivity index (χ3n) is 5.88. The fourth-order valence-electron chi connectivity index (χ4n) is 3.92. The minimum atomic E-state index is -0.439. The second-order valence-corrected chi connectivity index (χ2v) is 7.96. The number of fused-ring (bicyclic) bond motifs is 1. The lowest BCUT2D eigenvalue weighted by molar-refractivity contribution is -0.120. The molecule has 2 aromatic heterocycles. The molecule has 4 rings (SSSR count). The van der Waals surface area contributed by atoms with E-state index in [0.29, 0.717) is 17.8 Å². The Hall–Kier alpha value is -4.18. The summed E-state index contributed by atoms with van der Waals surface area (Å²) < 4.78 is 1.20. The standard InChI is InChI=1S/C25H23N5O2/c1-17-21(24(32)30-23(29-17)18(14-26)15-28-30)13-22(31)27-16-25(2,19-9-5-3-6-10-19)20-11-7-4-8-12-20/h3-12,15,28H,13,16H2,1-2H3,(H,27,31). The molecule has 160 valence electrons. The second kappa shape index (κ2) is 8.52. The summed E-state index contributed by atoms with van der Waals surface area (Å²) in [6, 6.07) is 22.0. The summed E-state index contributed by atoms with van der Waals surface area (Å²) in [5.41, 5.74) is 2.64. The minimum Gasteiger partial charge on any atom is -0.355 e. The number of nitrogens with zero attached hydrogens (tertiary/aromatic N) is 3. The summed E-state index contributed by atoms with van der Waals surface area (Å²) in [4.78, 5) is 30.1. The van der Waals surface area contributed by atoms with E-state index in [1.807, 2.05) is 66.7 Å². The number of nitriles is 1. The zero-order valence-corrected chi connectivity index (χ0v) is 17.9. The highest BCUT2D eigenvalue weighted by Crippen LogP contribution is 2.31. The molecule has 4 aromatic rings. The van der Waals surface area contributed by atoms with Crippen molar-refractivity contribution in [1.82, 2.24) is 19.9 Å². The van der Waals surface area contributed by atoms with E-state index in [0.717, 1.165) is 11.1 Å². The Morgan fingerprint density at radius 1 is 1.12 bits per heavy atom. The predicted molar refractivity (Wildman–Crippen MR) is 121 cm³/mol. The van der Waals surface area contributed by atoms with Gasteiger partial charge in [0, 0.05) is 29.4 Å². The fraction of sp³-hybridized carbons (Fsp3) is 0.200. The SMILES string of the molecule is Cc1nc2c(C#N)c[nH]n2c(=O)c1CC(=O)NCC(C)(c1ccccc1)c1ccccc1. The molecule has 0 saturated carbocycles. The predicted octanol–water partition coefficient (Wildman–Crippen LogP) is 2.87. The summed E-state index contributed by atoms with van der Waals surface area (Å²) in [5.74, 6) is -0.267. The highest BCUT2D eigenvalue weighted by molar-refractivity contribution is 5.79. The van der Waals surface area contributed by atoms with Crippen molar-refractivity contribution in [2.75, 3.05) is 6.54 Å². The zero-order chi connectivity index (χ0) is 22.7. The number of aryl methyl sites for hydroxylation is 1. The molecule has 0 aliphatic carbocycles. The minimum absolute atomic E-state index is 0.0961. The topological polar surface area (TPSA) is 103 Å². The Bertz CT molecular complexity index is 1330. The largest absolute Gasteiger partial charge is 0.355 e. The van der Waals surface area contributed by atoms with Gasteiger partial charge in [-0.15, -0.1) is 0 Å². The molecule has 0 saturated heterocycles. The number of benzene rings is 2. The van der Waals surface area contributed by atoms with E-state index in [-0.39, 0.29) is 29.1 Å². The number of carbonyl (C=O) groups excluding carboxylic acids is 1. The van der Waals surface area contributed by atoms with Crippen molar-refractivity contribution in [3.63, 3.8) is 0 Å². The van der Waals surface area contributed by atoms with E-state index < -0.39 is 5.41 Å².